The number of carbonyl (C=O) groups excluding carboxylic acids is 1. The van der Waals surface area contributed by atoms with E-state index in [0.29, 0.717) is 18.0 Å². The first kappa shape index (κ1) is 14.8. The molecule has 110 valence electrons. The molecule has 0 amide bonds. The van der Waals surface area contributed by atoms with Crippen LogP contribution in [-0.2, 0) is 9.53 Å². The Kier molecular flexibility index (Phi) is 5.26. The average Bonchev–Trinajstić information content (AvgIpc) is 2.36. The first-order valence-corrected chi connectivity index (χ1v) is 8.05. The summed E-state index contributed by atoms with van der Waals surface area (Å²) in [5.74, 6) is 1.40. The Balaban J connectivity index is 1.99. The molecule has 1 aliphatic heterocycles. The number of esters is 1. The largest absolute Gasteiger partial charge is 0.461 e. The zero-order valence-electron chi connectivity index (χ0n) is 12.7. The van der Waals surface area contributed by atoms with Crippen molar-refractivity contribution in [2.75, 3.05) is 0 Å². The molecule has 0 aromatic heterocycles. The minimum atomic E-state index is -0.141. The predicted octanol–water partition coefficient (Wildman–Crippen LogP) is 3.28. The van der Waals surface area contributed by atoms with Crippen molar-refractivity contribution in [1.29, 1.82) is 0 Å². The Bertz CT molecular complexity index is 305. The van der Waals surface area contributed by atoms with Crippen molar-refractivity contribution in [1.82, 2.24) is 5.32 Å². The van der Waals surface area contributed by atoms with E-state index in [2.05, 4.69) is 19.2 Å². The number of hydrogen-bond donors (Lipinski definition) is 1. The van der Waals surface area contributed by atoms with Gasteiger partial charge in [0, 0.05) is 19.0 Å². The molecule has 2 aliphatic rings. The number of nitrogens with one attached hydrogen (secondary N) is 1. The van der Waals surface area contributed by atoms with Crippen molar-refractivity contribution in [3.8, 4) is 0 Å². The van der Waals surface area contributed by atoms with E-state index in [1.54, 1.807) is 0 Å². The van der Waals surface area contributed by atoms with Crippen LogP contribution < -0.4 is 5.32 Å². The lowest BCUT2D eigenvalue weighted by molar-refractivity contribution is -0.151. The highest BCUT2D eigenvalue weighted by Gasteiger charge is 2.41. The quantitative estimate of drug-likeness (QED) is 0.794. The molecule has 19 heavy (non-hydrogen) atoms. The molecule has 1 aliphatic carbocycles. The lowest BCUT2D eigenvalue weighted by Gasteiger charge is -2.47. The van der Waals surface area contributed by atoms with Gasteiger partial charge in [-0.05, 0) is 31.6 Å². The van der Waals surface area contributed by atoms with Gasteiger partial charge in [0.1, 0.15) is 6.10 Å². The summed E-state index contributed by atoms with van der Waals surface area (Å²) in [4.78, 5) is 11.2. The smallest absolute Gasteiger partial charge is 0.302 e. The minimum Gasteiger partial charge on any atom is -0.461 e. The van der Waals surface area contributed by atoms with Crippen molar-refractivity contribution in [2.24, 2.45) is 11.8 Å². The molecule has 0 aromatic rings. The van der Waals surface area contributed by atoms with Crippen molar-refractivity contribution in [2.45, 2.75) is 83.9 Å². The molecule has 0 bridgehead atoms. The van der Waals surface area contributed by atoms with E-state index in [1.807, 2.05) is 0 Å². The number of piperidine rings is 1. The molecular formula is C16H29NO2. The summed E-state index contributed by atoms with van der Waals surface area (Å²) < 4.78 is 5.50. The van der Waals surface area contributed by atoms with Gasteiger partial charge in [0.15, 0.2) is 0 Å². The first-order valence-electron chi connectivity index (χ1n) is 8.05. The Morgan fingerprint density at radius 3 is 2.84 bits per heavy atom. The number of ether oxygens (including phenoxy) is 1. The zero-order valence-corrected chi connectivity index (χ0v) is 12.7. The van der Waals surface area contributed by atoms with Crippen molar-refractivity contribution >= 4 is 5.97 Å². The van der Waals surface area contributed by atoms with Crippen LogP contribution in [0.3, 0.4) is 0 Å². The van der Waals surface area contributed by atoms with Gasteiger partial charge in [-0.25, -0.2) is 0 Å². The van der Waals surface area contributed by atoms with Crippen LogP contribution in [0.5, 0.6) is 0 Å². The zero-order chi connectivity index (χ0) is 13.8. The summed E-state index contributed by atoms with van der Waals surface area (Å²) in [5.41, 5.74) is 0. The van der Waals surface area contributed by atoms with Gasteiger partial charge >= 0.3 is 5.97 Å². The molecule has 0 radical (unpaired) electrons. The van der Waals surface area contributed by atoms with Crippen LogP contribution in [0.15, 0.2) is 0 Å². The van der Waals surface area contributed by atoms with E-state index in [4.69, 9.17) is 4.74 Å². The highest BCUT2D eigenvalue weighted by atomic mass is 16.5. The summed E-state index contributed by atoms with van der Waals surface area (Å²) in [5, 5.41) is 3.70. The van der Waals surface area contributed by atoms with E-state index in [1.165, 1.54) is 45.4 Å². The van der Waals surface area contributed by atoms with Gasteiger partial charge in [-0.15, -0.1) is 0 Å². The minimum absolute atomic E-state index is 0.0703. The van der Waals surface area contributed by atoms with E-state index in [9.17, 15) is 4.79 Å². The van der Waals surface area contributed by atoms with Crippen molar-refractivity contribution in [3.05, 3.63) is 0 Å². The summed E-state index contributed by atoms with van der Waals surface area (Å²) in [6, 6.07) is 0.951. The number of fused-ring (bicyclic) bond motifs is 1. The Morgan fingerprint density at radius 1 is 1.37 bits per heavy atom. The van der Waals surface area contributed by atoms with Gasteiger partial charge in [-0.2, -0.15) is 0 Å². The van der Waals surface area contributed by atoms with Gasteiger partial charge in [0.05, 0.1) is 0 Å². The highest BCUT2D eigenvalue weighted by molar-refractivity contribution is 5.66. The molecular weight excluding hydrogens is 238 g/mol. The second-order valence-corrected chi connectivity index (χ2v) is 6.44. The maximum atomic E-state index is 11.2. The summed E-state index contributed by atoms with van der Waals surface area (Å²) in [7, 11) is 0. The molecule has 1 saturated heterocycles. The molecule has 0 spiro atoms. The molecule has 1 N–H and O–H groups in total. The van der Waals surface area contributed by atoms with Crippen molar-refractivity contribution in [3.63, 3.8) is 0 Å². The van der Waals surface area contributed by atoms with E-state index < -0.39 is 0 Å². The van der Waals surface area contributed by atoms with Crippen molar-refractivity contribution < 1.29 is 9.53 Å². The van der Waals surface area contributed by atoms with Crippen LogP contribution >= 0.6 is 0 Å². The topological polar surface area (TPSA) is 38.3 Å². The molecule has 1 saturated carbocycles. The molecule has 0 unspecified atom stereocenters. The van der Waals surface area contributed by atoms with E-state index in [-0.39, 0.29) is 12.1 Å². The van der Waals surface area contributed by atoms with Crippen LogP contribution in [0.1, 0.15) is 65.7 Å². The first-order chi connectivity index (χ1) is 9.11. The number of rotatable bonds is 4. The Morgan fingerprint density at radius 2 is 2.16 bits per heavy atom. The molecule has 0 aromatic carbocycles. The maximum Gasteiger partial charge on any atom is 0.302 e. The molecule has 3 nitrogen and oxygen atoms in total. The standard InChI is InChI=1S/C16H29NO2/c1-4-5-7-13-8-6-9-15-14(13)10-16(11(2)17-15)19-12(3)18/h11,13-17H,4-10H2,1-3H3/t11-,13-,14+,15+,16-/m0/s1. The molecule has 3 heteroatoms. The number of hydrogen-bond acceptors (Lipinski definition) is 3. The maximum absolute atomic E-state index is 11.2. The molecule has 5 atom stereocenters. The normalized spacial score (nSPS) is 38.6. The predicted molar refractivity (Wildman–Crippen MR) is 76.9 cm³/mol. The fourth-order valence-corrected chi connectivity index (χ4v) is 4.03. The number of unbranched alkanes of at least 4 members (excludes halogenated alkanes) is 1. The summed E-state index contributed by atoms with van der Waals surface area (Å²) in [6.45, 7) is 5.94. The molecule has 2 fully saturated rings. The van der Waals surface area contributed by atoms with E-state index in [0.717, 1.165) is 12.3 Å². The number of carbonyl (C=O) groups is 1. The van der Waals surface area contributed by atoms with Crippen LogP contribution in [0, 0.1) is 11.8 Å². The van der Waals surface area contributed by atoms with Gasteiger partial charge in [-0.1, -0.05) is 39.0 Å². The summed E-state index contributed by atoms with van der Waals surface area (Å²) >= 11 is 0. The van der Waals surface area contributed by atoms with Gasteiger partial charge in [0.2, 0.25) is 0 Å². The highest BCUT2D eigenvalue weighted by Crippen LogP contribution is 2.40. The fourth-order valence-electron chi connectivity index (χ4n) is 4.03. The molecule has 2 rings (SSSR count). The van der Waals surface area contributed by atoms with Gasteiger partial charge in [-0.3, -0.25) is 4.79 Å². The Hall–Kier alpha value is -0.570. The van der Waals surface area contributed by atoms with Gasteiger partial charge in [0.25, 0.3) is 0 Å². The fraction of sp³-hybridized carbons (Fsp3) is 0.938. The van der Waals surface area contributed by atoms with Crippen LogP contribution in [0.25, 0.3) is 0 Å². The summed E-state index contributed by atoms with van der Waals surface area (Å²) in [6.07, 6.45) is 9.11. The van der Waals surface area contributed by atoms with Gasteiger partial charge < -0.3 is 10.1 Å². The van der Waals surface area contributed by atoms with Crippen LogP contribution in [0.2, 0.25) is 0 Å². The second kappa shape index (κ2) is 6.74. The third-order valence-electron chi connectivity index (χ3n) is 5.00. The third kappa shape index (κ3) is 3.71. The van der Waals surface area contributed by atoms with E-state index >= 15 is 0 Å². The SMILES string of the molecule is CCCC[C@H]1CCC[C@H]2N[C@@H](C)[C@@H](OC(C)=O)C[C@H]12. The second-order valence-electron chi connectivity index (χ2n) is 6.44. The van der Waals surface area contributed by atoms with Crippen LogP contribution in [0.4, 0.5) is 0 Å². The lowest BCUT2D eigenvalue weighted by Crippen LogP contribution is -2.57. The Labute approximate surface area is 117 Å². The molecule has 1 heterocycles. The average molecular weight is 267 g/mol. The monoisotopic (exact) mass is 267 g/mol. The lowest BCUT2D eigenvalue weighted by atomic mass is 9.68. The third-order valence-corrected chi connectivity index (χ3v) is 5.00. The van der Waals surface area contributed by atoms with Crippen LogP contribution in [-0.4, -0.2) is 24.2 Å².